The smallest absolute Gasteiger partial charge is 0.272 e. The molecule has 4 rings (SSSR count). The number of nitrogens with zero attached hydrogens (tertiary/aromatic N) is 1. The summed E-state index contributed by atoms with van der Waals surface area (Å²) in [6.07, 6.45) is 0.358. The predicted octanol–water partition coefficient (Wildman–Crippen LogP) is 7.16. The molecule has 0 saturated heterocycles. The first-order valence-electron chi connectivity index (χ1n) is 13.3. The standard InChI is InChI=1S/C32H34ClFN4O3/c1-31(2,3)18-28(39)35-24-14-15-26-22(16-24)17-27(38(26)19-21-8-6-7-9-25(21)34)30(41)36-23-12-10-20(11-13-23)29(40)37-32(4,5)33/h6-17H,18-19H2,1-5H3,(H,35,39)(H,36,41)(H,37,40). The zero-order valence-electron chi connectivity index (χ0n) is 23.8. The molecule has 0 atom stereocenters. The van der Waals surface area contributed by atoms with Crippen molar-refractivity contribution >= 4 is 51.6 Å². The van der Waals surface area contributed by atoms with Gasteiger partial charge < -0.3 is 20.5 Å². The van der Waals surface area contributed by atoms with Crippen LogP contribution >= 0.6 is 11.6 Å². The highest BCUT2D eigenvalue weighted by atomic mass is 35.5. The van der Waals surface area contributed by atoms with E-state index in [1.54, 1.807) is 79.1 Å². The van der Waals surface area contributed by atoms with Crippen molar-refractivity contribution in [2.45, 2.75) is 52.6 Å². The molecule has 7 nitrogen and oxygen atoms in total. The van der Waals surface area contributed by atoms with Crippen LogP contribution in [0.4, 0.5) is 15.8 Å². The van der Waals surface area contributed by atoms with Gasteiger partial charge in [0.15, 0.2) is 0 Å². The number of alkyl halides is 1. The Labute approximate surface area is 244 Å². The van der Waals surface area contributed by atoms with Gasteiger partial charge in [0.25, 0.3) is 11.8 Å². The van der Waals surface area contributed by atoms with Gasteiger partial charge in [0.05, 0.1) is 6.54 Å². The Bertz CT molecular complexity index is 1600. The van der Waals surface area contributed by atoms with Crippen molar-refractivity contribution in [3.63, 3.8) is 0 Å². The summed E-state index contributed by atoms with van der Waals surface area (Å²) < 4.78 is 16.4. The molecule has 3 N–H and O–H groups in total. The van der Waals surface area contributed by atoms with Gasteiger partial charge in [0.2, 0.25) is 5.91 Å². The van der Waals surface area contributed by atoms with Crippen LogP contribution in [0.5, 0.6) is 0 Å². The average molecular weight is 577 g/mol. The highest BCUT2D eigenvalue weighted by Crippen LogP contribution is 2.27. The maximum absolute atomic E-state index is 14.6. The van der Waals surface area contributed by atoms with Crippen LogP contribution in [-0.2, 0) is 11.3 Å². The number of carbonyl (C=O) groups excluding carboxylic acids is 3. The highest BCUT2D eigenvalue weighted by Gasteiger charge is 2.21. The number of aromatic nitrogens is 1. The summed E-state index contributed by atoms with van der Waals surface area (Å²) in [7, 11) is 0. The first-order chi connectivity index (χ1) is 19.2. The summed E-state index contributed by atoms with van der Waals surface area (Å²) in [5, 5.41) is 9.19. The average Bonchev–Trinajstić information content (AvgIpc) is 3.21. The van der Waals surface area contributed by atoms with Gasteiger partial charge in [-0.1, -0.05) is 50.6 Å². The molecule has 0 aliphatic rings. The second-order valence-electron chi connectivity index (χ2n) is 11.7. The summed E-state index contributed by atoms with van der Waals surface area (Å²) in [4.78, 5) is 37.5. The lowest BCUT2D eigenvalue weighted by Gasteiger charge is -2.18. The van der Waals surface area contributed by atoms with Crippen molar-refractivity contribution in [2.24, 2.45) is 5.41 Å². The summed E-state index contributed by atoms with van der Waals surface area (Å²) in [6, 6.07) is 20.0. The van der Waals surface area contributed by atoms with Crippen molar-refractivity contribution in [2.75, 3.05) is 10.6 Å². The molecule has 0 aliphatic carbocycles. The van der Waals surface area contributed by atoms with Crippen molar-refractivity contribution in [1.82, 2.24) is 9.88 Å². The van der Waals surface area contributed by atoms with E-state index in [4.69, 9.17) is 11.6 Å². The summed E-state index contributed by atoms with van der Waals surface area (Å²) in [6.45, 7) is 9.45. The van der Waals surface area contributed by atoms with Crippen LogP contribution in [0.15, 0.2) is 72.8 Å². The summed E-state index contributed by atoms with van der Waals surface area (Å²) in [5.41, 5.74) is 2.77. The van der Waals surface area contributed by atoms with Gasteiger partial charge in [-0.25, -0.2) is 4.39 Å². The van der Waals surface area contributed by atoms with Crippen molar-refractivity contribution < 1.29 is 18.8 Å². The van der Waals surface area contributed by atoms with Gasteiger partial charge in [-0.05, 0) is 73.9 Å². The molecule has 0 radical (unpaired) electrons. The number of halogens is 2. The highest BCUT2D eigenvalue weighted by molar-refractivity contribution is 6.24. The van der Waals surface area contributed by atoms with Crippen LogP contribution in [0.3, 0.4) is 0 Å². The van der Waals surface area contributed by atoms with Gasteiger partial charge in [-0.2, -0.15) is 0 Å². The van der Waals surface area contributed by atoms with Crippen LogP contribution in [0.1, 0.15) is 67.4 Å². The number of hydrogen-bond donors (Lipinski definition) is 3. The fourth-order valence-corrected chi connectivity index (χ4v) is 4.52. The van der Waals surface area contributed by atoms with E-state index in [1.165, 1.54) is 6.07 Å². The molecule has 0 fully saturated rings. The van der Waals surface area contributed by atoms with Crippen LogP contribution in [0, 0.1) is 11.2 Å². The van der Waals surface area contributed by atoms with E-state index in [9.17, 15) is 18.8 Å². The van der Waals surface area contributed by atoms with Crippen LogP contribution in [0.25, 0.3) is 10.9 Å². The number of benzene rings is 3. The molecule has 0 bridgehead atoms. The lowest BCUT2D eigenvalue weighted by atomic mass is 9.92. The number of rotatable bonds is 8. The maximum Gasteiger partial charge on any atom is 0.272 e. The molecule has 1 heterocycles. The van der Waals surface area contributed by atoms with E-state index in [0.29, 0.717) is 40.1 Å². The minimum absolute atomic E-state index is 0.104. The summed E-state index contributed by atoms with van der Waals surface area (Å²) in [5.74, 6) is -1.22. The van der Waals surface area contributed by atoms with Gasteiger partial charge in [0.1, 0.15) is 16.5 Å². The first kappa shape index (κ1) is 29.8. The van der Waals surface area contributed by atoms with Gasteiger partial charge >= 0.3 is 0 Å². The monoisotopic (exact) mass is 576 g/mol. The lowest BCUT2D eigenvalue weighted by Crippen LogP contribution is -2.38. The second kappa shape index (κ2) is 11.7. The number of fused-ring (bicyclic) bond motifs is 1. The van der Waals surface area contributed by atoms with Crippen LogP contribution in [0.2, 0.25) is 0 Å². The van der Waals surface area contributed by atoms with Crippen molar-refractivity contribution in [3.8, 4) is 0 Å². The number of amides is 3. The SMILES string of the molecule is CC(C)(C)CC(=O)Nc1ccc2c(c1)cc(C(=O)Nc1ccc(C(=O)NC(C)(C)Cl)cc1)n2Cc1ccccc1F. The number of hydrogen-bond acceptors (Lipinski definition) is 3. The fourth-order valence-electron chi connectivity index (χ4n) is 4.43. The zero-order valence-corrected chi connectivity index (χ0v) is 24.5. The van der Waals surface area contributed by atoms with Crippen molar-refractivity contribution in [3.05, 3.63) is 95.4 Å². The molecule has 3 aromatic carbocycles. The number of carbonyl (C=O) groups is 3. The third-order valence-corrected chi connectivity index (χ3v) is 6.31. The largest absolute Gasteiger partial charge is 0.334 e. The number of nitrogens with one attached hydrogen (secondary N) is 3. The molecule has 0 saturated carbocycles. The molecule has 3 amide bonds. The van der Waals surface area contributed by atoms with Crippen LogP contribution < -0.4 is 16.0 Å². The second-order valence-corrected chi connectivity index (χ2v) is 12.7. The molecule has 214 valence electrons. The zero-order chi connectivity index (χ0) is 29.9. The molecular formula is C32H34ClFN4O3. The quantitative estimate of drug-likeness (QED) is 0.153. The maximum atomic E-state index is 14.6. The molecule has 9 heteroatoms. The third-order valence-electron chi connectivity index (χ3n) is 6.21. The molecule has 0 spiro atoms. The Morgan fingerprint density at radius 1 is 0.829 bits per heavy atom. The molecule has 1 aromatic heterocycles. The van der Waals surface area contributed by atoms with Crippen LogP contribution in [-0.4, -0.2) is 27.3 Å². The van der Waals surface area contributed by atoms with Gasteiger partial charge in [-0.15, -0.1) is 0 Å². The van der Waals surface area contributed by atoms with E-state index in [0.717, 1.165) is 5.39 Å². The molecule has 0 unspecified atom stereocenters. The van der Waals surface area contributed by atoms with E-state index in [-0.39, 0.29) is 29.6 Å². The summed E-state index contributed by atoms with van der Waals surface area (Å²) >= 11 is 6.09. The van der Waals surface area contributed by atoms with E-state index in [1.807, 2.05) is 26.8 Å². The van der Waals surface area contributed by atoms with E-state index in [2.05, 4.69) is 16.0 Å². The molecule has 41 heavy (non-hydrogen) atoms. The normalized spacial score (nSPS) is 11.8. The number of anilines is 2. The van der Waals surface area contributed by atoms with E-state index < -0.39 is 10.9 Å². The Morgan fingerprint density at radius 3 is 2.12 bits per heavy atom. The molecule has 0 aliphatic heterocycles. The Morgan fingerprint density at radius 2 is 1.49 bits per heavy atom. The minimum atomic E-state index is -0.898. The van der Waals surface area contributed by atoms with Gasteiger partial charge in [-0.3, -0.25) is 14.4 Å². The molecular weight excluding hydrogens is 543 g/mol. The predicted molar refractivity (Wildman–Crippen MR) is 162 cm³/mol. The minimum Gasteiger partial charge on any atom is -0.334 e. The topological polar surface area (TPSA) is 92.2 Å². The lowest BCUT2D eigenvalue weighted by molar-refractivity contribution is -0.117. The van der Waals surface area contributed by atoms with E-state index >= 15 is 0 Å². The fraction of sp³-hybridized carbons (Fsp3) is 0.281. The first-order valence-corrected chi connectivity index (χ1v) is 13.7. The molecule has 4 aromatic rings. The Hall–Kier alpha value is -4.17. The van der Waals surface area contributed by atoms with Crippen molar-refractivity contribution in [1.29, 1.82) is 0 Å². The Kier molecular flexibility index (Phi) is 8.54. The Balaban J connectivity index is 1.64. The third kappa shape index (κ3) is 7.95. The van der Waals surface area contributed by atoms with Gasteiger partial charge in [0, 0.05) is 39.8 Å².